The molecule has 0 aromatic heterocycles. The number of carbonyl (C=O) groups excluding carboxylic acids is 1. The number of halogens is 1. The van der Waals surface area contributed by atoms with Crippen molar-refractivity contribution in [3.05, 3.63) is 83.2 Å². The summed E-state index contributed by atoms with van der Waals surface area (Å²) in [4.78, 5) is 29.2. The Hall–Kier alpha value is -4.11. The summed E-state index contributed by atoms with van der Waals surface area (Å²) in [5.41, 5.74) is 3.23. The van der Waals surface area contributed by atoms with Gasteiger partial charge in [0.05, 0.1) is 13.7 Å². The lowest BCUT2D eigenvalue weighted by Crippen LogP contribution is -2.34. The molecule has 0 aliphatic carbocycles. The molecule has 1 unspecified atom stereocenters. The second kappa shape index (κ2) is 11.7. The topological polar surface area (TPSA) is 94.5 Å². The molecule has 3 aromatic carbocycles. The fourth-order valence-electron chi connectivity index (χ4n) is 4.23. The van der Waals surface area contributed by atoms with Gasteiger partial charge in [0.25, 0.3) is 0 Å². The first-order valence-corrected chi connectivity index (χ1v) is 11.9. The number of carboxylic acids is 1. The lowest BCUT2D eigenvalue weighted by molar-refractivity contribution is -0.145. The van der Waals surface area contributed by atoms with Crippen LogP contribution < -0.4 is 9.47 Å². The van der Waals surface area contributed by atoms with Crippen molar-refractivity contribution in [2.45, 2.75) is 39.0 Å². The van der Waals surface area contributed by atoms with Gasteiger partial charge in [0.2, 0.25) is 0 Å². The van der Waals surface area contributed by atoms with Crippen LogP contribution in [0.2, 0.25) is 0 Å². The minimum Gasteiger partial charge on any atom is -0.496 e. The first-order chi connectivity index (χ1) is 17.9. The Balaban J connectivity index is 1.57. The highest BCUT2D eigenvalue weighted by Crippen LogP contribution is 2.39. The van der Waals surface area contributed by atoms with E-state index in [4.69, 9.17) is 19.0 Å². The Labute approximate surface area is 214 Å². The molecule has 0 radical (unpaired) electrons. The van der Waals surface area contributed by atoms with Crippen LogP contribution in [0.1, 0.15) is 30.0 Å². The summed E-state index contributed by atoms with van der Waals surface area (Å²) in [5.74, 6) is -0.569. The molecule has 1 N–H and O–H groups in total. The van der Waals surface area contributed by atoms with Crippen molar-refractivity contribution in [3.63, 3.8) is 0 Å². The third kappa shape index (κ3) is 6.18. The van der Waals surface area contributed by atoms with Gasteiger partial charge in [0, 0.05) is 12.1 Å². The molecule has 0 fully saturated rings. The van der Waals surface area contributed by atoms with Gasteiger partial charge in [-0.05, 0) is 59.4 Å². The molecule has 1 heterocycles. The van der Waals surface area contributed by atoms with Crippen molar-refractivity contribution in [2.75, 3.05) is 13.7 Å². The van der Waals surface area contributed by atoms with Gasteiger partial charge in [-0.25, -0.2) is 14.0 Å². The van der Waals surface area contributed by atoms with Crippen molar-refractivity contribution < 1.29 is 38.1 Å². The summed E-state index contributed by atoms with van der Waals surface area (Å²) >= 11 is 0. The van der Waals surface area contributed by atoms with E-state index in [0.29, 0.717) is 46.7 Å². The molecular weight excluding hydrogens is 481 g/mol. The first-order valence-electron chi connectivity index (χ1n) is 11.9. The molecule has 0 saturated carbocycles. The zero-order chi connectivity index (χ0) is 26.4. The third-order valence-corrected chi connectivity index (χ3v) is 6.11. The maximum atomic E-state index is 14.8. The summed E-state index contributed by atoms with van der Waals surface area (Å²) in [5, 5.41) is 10.8. The Morgan fingerprint density at radius 1 is 1.05 bits per heavy atom. The quantitative estimate of drug-likeness (QED) is 0.385. The molecule has 3 aromatic rings. The fraction of sp³-hybridized carbons (Fsp3) is 0.286. The van der Waals surface area contributed by atoms with Crippen LogP contribution in [0.15, 0.2) is 60.7 Å². The smallest absolute Gasteiger partial charge is 0.496 e. The molecule has 1 aliphatic rings. The van der Waals surface area contributed by atoms with E-state index in [-0.39, 0.29) is 25.4 Å². The van der Waals surface area contributed by atoms with Crippen LogP contribution in [0, 0.1) is 5.82 Å². The predicted molar refractivity (Wildman–Crippen MR) is 133 cm³/mol. The lowest BCUT2D eigenvalue weighted by atomic mass is 9.90. The Morgan fingerprint density at radius 3 is 2.54 bits per heavy atom. The molecular formula is C28H28FNO7. The number of hydrogen-bond donors (Lipinski definition) is 1. The highest BCUT2D eigenvalue weighted by molar-refractivity contribution is 5.77. The van der Waals surface area contributed by atoms with Gasteiger partial charge in [0.1, 0.15) is 23.9 Å². The Morgan fingerprint density at radius 2 is 1.84 bits per heavy atom. The zero-order valence-corrected chi connectivity index (χ0v) is 20.6. The number of methoxy groups -OCH3 is 1. The minimum atomic E-state index is -1.06. The maximum Gasteiger partial charge on any atom is 0.528 e. The fourth-order valence-corrected chi connectivity index (χ4v) is 4.23. The van der Waals surface area contributed by atoms with E-state index < -0.39 is 18.2 Å². The molecule has 194 valence electrons. The summed E-state index contributed by atoms with van der Waals surface area (Å²) in [6.07, 6.45) is -1.25. The molecule has 4 rings (SSSR count). The zero-order valence-electron chi connectivity index (χ0n) is 20.6. The molecule has 0 bridgehead atoms. The highest BCUT2D eigenvalue weighted by Gasteiger charge is 2.27. The molecule has 1 aliphatic heterocycles. The average Bonchev–Trinajstić information content (AvgIpc) is 2.91. The number of hydroxylamine groups is 2. The molecule has 9 heteroatoms. The van der Waals surface area contributed by atoms with Crippen molar-refractivity contribution in [3.8, 4) is 22.6 Å². The molecule has 0 saturated heterocycles. The van der Waals surface area contributed by atoms with Crippen molar-refractivity contribution in [2.24, 2.45) is 0 Å². The number of fused-ring (bicyclic) bond motifs is 1. The lowest BCUT2D eigenvalue weighted by Gasteiger charge is -2.29. The standard InChI is InChI=1S/C28H28FNO7/c1-3-25(27(31)32)36-19-9-12-26(34-2)22(15-19)20-10-11-24(29)21-13-14-30(16-23(20)21)37-28(33)35-17-18-7-5-4-6-8-18/h4-12,15,25H,3,13-14,16-17H2,1-2H3,(H,31,32). The van der Waals surface area contributed by atoms with Crippen LogP contribution >= 0.6 is 0 Å². The summed E-state index contributed by atoms with van der Waals surface area (Å²) in [6.45, 7) is 2.22. The number of nitrogens with zero attached hydrogens (tertiary/aromatic N) is 1. The SMILES string of the molecule is CCC(Oc1ccc(OC)c(-c2ccc(F)c3c2CN(OC(=O)OCc2ccccc2)CC3)c1)C(=O)O. The Bertz CT molecular complexity index is 1260. The van der Waals surface area contributed by atoms with Crippen LogP contribution in [-0.2, 0) is 33.9 Å². The highest BCUT2D eigenvalue weighted by atomic mass is 19.1. The van der Waals surface area contributed by atoms with E-state index >= 15 is 0 Å². The van der Waals surface area contributed by atoms with Gasteiger partial charge >= 0.3 is 12.1 Å². The first kappa shape index (κ1) is 26.0. The van der Waals surface area contributed by atoms with Gasteiger partial charge < -0.3 is 24.2 Å². The van der Waals surface area contributed by atoms with Crippen LogP contribution in [0.4, 0.5) is 9.18 Å². The van der Waals surface area contributed by atoms with Gasteiger partial charge in [-0.1, -0.05) is 43.3 Å². The van der Waals surface area contributed by atoms with Crippen molar-refractivity contribution >= 4 is 12.1 Å². The summed E-state index contributed by atoms with van der Waals surface area (Å²) < 4.78 is 31.2. The number of ether oxygens (including phenoxy) is 3. The monoisotopic (exact) mass is 509 g/mol. The van der Waals surface area contributed by atoms with Gasteiger partial charge in [0.15, 0.2) is 6.10 Å². The summed E-state index contributed by atoms with van der Waals surface area (Å²) in [6, 6.07) is 17.2. The van der Waals surface area contributed by atoms with Crippen LogP contribution in [0.25, 0.3) is 11.1 Å². The normalized spacial score (nSPS) is 13.8. The van der Waals surface area contributed by atoms with Gasteiger partial charge in [-0.3, -0.25) is 0 Å². The molecule has 8 nitrogen and oxygen atoms in total. The minimum absolute atomic E-state index is 0.0725. The summed E-state index contributed by atoms with van der Waals surface area (Å²) in [7, 11) is 1.51. The van der Waals surface area contributed by atoms with Crippen LogP contribution in [0.5, 0.6) is 11.5 Å². The van der Waals surface area contributed by atoms with E-state index in [1.54, 1.807) is 31.2 Å². The van der Waals surface area contributed by atoms with Gasteiger partial charge in [-0.15, -0.1) is 5.06 Å². The van der Waals surface area contributed by atoms with Crippen molar-refractivity contribution in [1.82, 2.24) is 5.06 Å². The number of carboxylic acid groups (broad SMARTS) is 1. The molecule has 1 atom stereocenters. The second-order valence-electron chi connectivity index (χ2n) is 8.50. The van der Waals surface area contributed by atoms with Gasteiger partial charge in [-0.2, -0.15) is 0 Å². The number of carbonyl (C=O) groups is 2. The number of aliphatic carboxylic acids is 1. The molecule has 37 heavy (non-hydrogen) atoms. The molecule has 0 spiro atoms. The molecule has 0 amide bonds. The van der Waals surface area contributed by atoms with Crippen LogP contribution in [0.3, 0.4) is 0 Å². The van der Waals surface area contributed by atoms with E-state index in [2.05, 4.69) is 0 Å². The van der Waals surface area contributed by atoms with E-state index in [1.165, 1.54) is 18.2 Å². The Kier molecular flexibility index (Phi) is 8.25. The maximum absolute atomic E-state index is 14.8. The number of hydrogen-bond acceptors (Lipinski definition) is 7. The van der Waals surface area contributed by atoms with E-state index in [9.17, 15) is 19.1 Å². The van der Waals surface area contributed by atoms with E-state index in [0.717, 1.165) is 5.56 Å². The predicted octanol–water partition coefficient (Wildman–Crippen LogP) is 5.37. The number of benzene rings is 3. The number of rotatable bonds is 9. The van der Waals surface area contributed by atoms with Crippen LogP contribution in [-0.4, -0.2) is 42.1 Å². The second-order valence-corrected chi connectivity index (χ2v) is 8.50. The van der Waals surface area contributed by atoms with E-state index in [1.807, 2.05) is 30.3 Å². The average molecular weight is 510 g/mol. The third-order valence-electron chi connectivity index (χ3n) is 6.11. The largest absolute Gasteiger partial charge is 0.528 e. The van der Waals surface area contributed by atoms with Crippen molar-refractivity contribution in [1.29, 1.82) is 0 Å².